The molecule has 3 nitrogen and oxygen atoms in total. The van der Waals surface area contributed by atoms with Crippen LogP contribution in [0.2, 0.25) is 0 Å². The molecule has 1 atom stereocenters. The van der Waals surface area contributed by atoms with E-state index in [9.17, 15) is 0 Å². The SMILES string of the molecule is C=C(COC)NC1=NC(C(/C=C\C)=C/C)CCS1.CC.CC. The van der Waals surface area contributed by atoms with Crippen LogP contribution in [0.25, 0.3) is 0 Å². The Labute approximate surface area is 142 Å². The Morgan fingerprint density at radius 2 is 2.00 bits per heavy atom. The molecule has 0 fully saturated rings. The van der Waals surface area contributed by atoms with Crippen molar-refractivity contribution in [3.63, 3.8) is 0 Å². The van der Waals surface area contributed by atoms with E-state index in [-0.39, 0.29) is 6.04 Å². The summed E-state index contributed by atoms with van der Waals surface area (Å²) in [7, 11) is 1.66. The molecule has 0 aromatic carbocycles. The van der Waals surface area contributed by atoms with Crippen molar-refractivity contribution in [3.05, 3.63) is 36.1 Å². The minimum Gasteiger partial charge on any atom is -0.379 e. The molecule has 0 amide bonds. The molecule has 1 N–H and O–H groups in total. The lowest BCUT2D eigenvalue weighted by atomic mass is 10.0. The maximum absolute atomic E-state index is 5.03. The van der Waals surface area contributed by atoms with Gasteiger partial charge in [0.05, 0.1) is 12.6 Å². The van der Waals surface area contributed by atoms with Crippen LogP contribution < -0.4 is 5.32 Å². The summed E-state index contributed by atoms with van der Waals surface area (Å²) in [5.74, 6) is 1.08. The maximum Gasteiger partial charge on any atom is 0.161 e. The average molecular weight is 327 g/mol. The maximum atomic E-state index is 5.03. The summed E-state index contributed by atoms with van der Waals surface area (Å²) in [4.78, 5) is 4.73. The first kappa shape index (κ1) is 23.3. The minimum atomic E-state index is 0.255. The Kier molecular flexibility index (Phi) is 17.3. The lowest BCUT2D eigenvalue weighted by Gasteiger charge is -2.22. The van der Waals surface area contributed by atoms with Crippen LogP contribution in [-0.2, 0) is 4.74 Å². The third-order valence-corrected chi connectivity index (χ3v) is 3.50. The predicted molar refractivity (Wildman–Crippen MR) is 104 cm³/mol. The van der Waals surface area contributed by atoms with Crippen molar-refractivity contribution >= 4 is 16.9 Å². The molecular weight excluding hydrogens is 292 g/mol. The smallest absolute Gasteiger partial charge is 0.161 e. The van der Waals surface area contributed by atoms with Crippen molar-refractivity contribution < 1.29 is 4.74 Å². The Morgan fingerprint density at radius 3 is 2.50 bits per heavy atom. The molecule has 1 heterocycles. The van der Waals surface area contributed by atoms with Crippen LogP contribution in [-0.4, -0.2) is 30.7 Å². The lowest BCUT2D eigenvalue weighted by molar-refractivity contribution is 0.223. The van der Waals surface area contributed by atoms with Gasteiger partial charge in [-0.2, -0.15) is 0 Å². The molecule has 22 heavy (non-hydrogen) atoms. The van der Waals surface area contributed by atoms with E-state index in [0.29, 0.717) is 6.61 Å². The highest BCUT2D eigenvalue weighted by atomic mass is 32.2. The molecule has 0 saturated heterocycles. The van der Waals surface area contributed by atoms with E-state index in [1.807, 2.05) is 34.6 Å². The third-order valence-electron chi connectivity index (χ3n) is 2.58. The number of aliphatic imine (C=N–C) groups is 1. The number of hydrogen-bond donors (Lipinski definition) is 1. The molecule has 0 bridgehead atoms. The quantitative estimate of drug-likeness (QED) is 0.707. The van der Waals surface area contributed by atoms with Gasteiger partial charge in [-0.15, -0.1) is 0 Å². The number of methoxy groups -OCH3 is 1. The van der Waals surface area contributed by atoms with E-state index >= 15 is 0 Å². The van der Waals surface area contributed by atoms with Gasteiger partial charge in [0.15, 0.2) is 5.17 Å². The summed E-state index contributed by atoms with van der Waals surface area (Å²) in [6.07, 6.45) is 7.40. The van der Waals surface area contributed by atoms with Crippen LogP contribution in [0.1, 0.15) is 48.0 Å². The van der Waals surface area contributed by atoms with Crippen molar-refractivity contribution in [2.24, 2.45) is 4.99 Å². The van der Waals surface area contributed by atoms with E-state index in [0.717, 1.165) is 23.0 Å². The normalized spacial score (nSPS) is 17.7. The molecule has 0 aromatic rings. The van der Waals surface area contributed by atoms with E-state index in [4.69, 9.17) is 9.73 Å². The minimum absolute atomic E-state index is 0.255. The average Bonchev–Trinajstić information content (AvgIpc) is 2.56. The zero-order chi connectivity index (χ0) is 17.4. The third kappa shape index (κ3) is 9.85. The second kappa shape index (κ2) is 16.4. The van der Waals surface area contributed by atoms with E-state index in [1.165, 1.54) is 5.57 Å². The number of thioether (sulfide) groups is 1. The monoisotopic (exact) mass is 326 g/mol. The lowest BCUT2D eigenvalue weighted by Crippen LogP contribution is -2.28. The topological polar surface area (TPSA) is 33.6 Å². The summed E-state index contributed by atoms with van der Waals surface area (Å²) in [5, 5.41) is 4.15. The van der Waals surface area contributed by atoms with Crippen LogP contribution in [0, 0.1) is 0 Å². The van der Waals surface area contributed by atoms with Crippen LogP contribution in [0.5, 0.6) is 0 Å². The number of hydrogen-bond acceptors (Lipinski definition) is 4. The summed E-state index contributed by atoms with van der Waals surface area (Å²) in [6, 6.07) is 0.255. The Hall–Kier alpha value is -1.00. The van der Waals surface area contributed by atoms with E-state index in [1.54, 1.807) is 18.9 Å². The Morgan fingerprint density at radius 1 is 1.36 bits per heavy atom. The first-order valence-corrected chi connectivity index (χ1v) is 9.13. The molecule has 1 rings (SSSR count). The highest BCUT2D eigenvalue weighted by molar-refractivity contribution is 8.13. The van der Waals surface area contributed by atoms with Crippen LogP contribution in [0.4, 0.5) is 0 Å². The predicted octanol–water partition coefficient (Wildman–Crippen LogP) is 5.17. The van der Waals surface area contributed by atoms with Crippen molar-refractivity contribution in [1.82, 2.24) is 5.32 Å². The summed E-state index contributed by atoms with van der Waals surface area (Å²) in [5.41, 5.74) is 2.12. The fourth-order valence-corrected chi connectivity index (χ4v) is 2.73. The largest absolute Gasteiger partial charge is 0.379 e. The summed E-state index contributed by atoms with van der Waals surface area (Å²) >= 11 is 1.74. The van der Waals surface area contributed by atoms with Gasteiger partial charge in [0.1, 0.15) is 0 Å². The number of allylic oxidation sites excluding steroid dienone is 2. The highest BCUT2D eigenvalue weighted by Gasteiger charge is 2.17. The fraction of sp³-hybridized carbons (Fsp3) is 0.611. The van der Waals surface area contributed by atoms with Crippen LogP contribution in [0.3, 0.4) is 0 Å². The fourth-order valence-electron chi connectivity index (χ4n) is 1.77. The van der Waals surface area contributed by atoms with Gasteiger partial charge in [-0.3, -0.25) is 4.99 Å². The number of rotatable bonds is 5. The molecule has 1 aliphatic rings. The number of nitrogens with zero attached hydrogens (tertiary/aromatic N) is 1. The van der Waals surface area contributed by atoms with Gasteiger partial charge in [0.25, 0.3) is 0 Å². The zero-order valence-electron chi connectivity index (χ0n) is 15.4. The highest BCUT2D eigenvalue weighted by Crippen LogP contribution is 2.22. The Bertz CT molecular complexity index is 373. The molecule has 0 aliphatic carbocycles. The van der Waals surface area contributed by atoms with Crippen molar-refractivity contribution in [2.75, 3.05) is 19.5 Å². The number of nitrogens with one attached hydrogen (secondary N) is 1. The van der Waals surface area contributed by atoms with Gasteiger partial charge in [-0.25, -0.2) is 0 Å². The first-order valence-electron chi connectivity index (χ1n) is 8.14. The second-order valence-corrected chi connectivity index (χ2v) is 5.12. The van der Waals surface area contributed by atoms with Crippen molar-refractivity contribution in [2.45, 2.75) is 54.0 Å². The van der Waals surface area contributed by atoms with Crippen molar-refractivity contribution in [1.29, 1.82) is 0 Å². The number of ether oxygens (including phenoxy) is 1. The number of amidine groups is 1. The molecule has 1 unspecified atom stereocenters. The standard InChI is InChI=1S/C14H22N2OS.2C2H6/c1-5-7-12(6-2)13-8-9-18-14(16-13)15-11(3)10-17-4;2*1-2/h5-7,13H,3,8-10H2,1-2,4H3,(H,15,16);2*1-2H3/b7-5-,12-6+;;. The first-order chi connectivity index (χ1) is 10.7. The molecule has 1 aliphatic heterocycles. The second-order valence-electron chi connectivity index (χ2n) is 4.04. The van der Waals surface area contributed by atoms with Gasteiger partial charge in [0, 0.05) is 18.6 Å². The van der Waals surface area contributed by atoms with Gasteiger partial charge >= 0.3 is 0 Å². The molecular formula is C18H34N2OS. The Balaban J connectivity index is 0. The molecule has 0 radical (unpaired) electrons. The van der Waals surface area contributed by atoms with Gasteiger partial charge in [-0.05, 0) is 25.8 Å². The summed E-state index contributed by atoms with van der Waals surface area (Å²) < 4.78 is 5.03. The van der Waals surface area contributed by atoms with Crippen molar-refractivity contribution in [3.8, 4) is 0 Å². The van der Waals surface area contributed by atoms with E-state index in [2.05, 4.69) is 37.0 Å². The molecule has 4 heteroatoms. The van der Waals surface area contributed by atoms with Crippen LogP contribution >= 0.6 is 11.8 Å². The molecule has 128 valence electrons. The van der Waals surface area contributed by atoms with Crippen LogP contribution in [0.15, 0.2) is 41.1 Å². The van der Waals surface area contributed by atoms with Gasteiger partial charge in [0.2, 0.25) is 0 Å². The van der Waals surface area contributed by atoms with E-state index < -0.39 is 0 Å². The molecule has 0 aromatic heterocycles. The summed E-state index contributed by atoms with van der Waals surface area (Å²) in [6.45, 7) is 16.5. The van der Waals surface area contributed by atoms with Gasteiger partial charge < -0.3 is 10.1 Å². The van der Waals surface area contributed by atoms with Gasteiger partial charge in [-0.1, -0.05) is 64.3 Å². The molecule has 0 spiro atoms. The zero-order valence-corrected chi connectivity index (χ0v) is 16.2. The molecule has 0 saturated carbocycles.